The highest BCUT2D eigenvalue weighted by molar-refractivity contribution is 7.89. The summed E-state index contributed by atoms with van der Waals surface area (Å²) in [5.74, 6) is -1.08. The predicted molar refractivity (Wildman–Crippen MR) is 114 cm³/mol. The topological polar surface area (TPSA) is 96.4 Å². The molecule has 0 aliphatic rings. The standard InChI is InChI=1S/C18H19Cl2F3N2O4S2/c1-8(2)7-11-15(30-17(24-11)18(26)27)9-3-4-12(14(20)13(9)19)31(28,29)25-10(5-6-21)16(22)23/h3-4,8,10,16,25H,5-7H2,1-2H3,(H,26,27). The Balaban J connectivity index is 2.53. The first-order chi connectivity index (χ1) is 14.4. The van der Waals surface area contributed by atoms with Gasteiger partial charge >= 0.3 is 5.97 Å². The Morgan fingerprint density at radius 3 is 2.42 bits per heavy atom. The zero-order valence-corrected chi connectivity index (χ0v) is 19.5. The zero-order chi connectivity index (χ0) is 23.5. The molecule has 1 atom stereocenters. The quantitative estimate of drug-likeness (QED) is 0.445. The van der Waals surface area contributed by atoms with Crippen LogP contribution < -0.4 is 4.72 Å². The molecule has 2 aromatic rings. The summed E-state index contributed by atoms with van der Waals surface area (Å²) in [6.07, 6.45) is -3.39. The molecule has 13 heteroatoms. The van der Waals surface area contributed by atoms with E-state index >= 15 is 0 Å². The summed E-state index contributed by atoms with van der Waals surface area (Å²) in [4.78, 5) is 15.3. The summed E-state index contributed by atoms with van der Waals surface area (Å²) < 4.78 is 65.4. The third kappa shape index (κ3) is 6.10. The second-order valence-corrected chi connectivity index (χ2v) is 10.4. The fraction of sp³-hybridized carbons (Fsp3) is 0.444. The first-order valence-corrected chi connectivity index (χ1v) is 12.0. The van der Waals surface area contributed by atoms with Gasteiger partial charge < -0.3 is 5.11 Å². The number of aromatic nitrogens is 1. The van der Waals surface area contributed by atoms with E-state index in [-0.39, 0.29) is 21.5 Å². The van der Waals surface area contributed by atoms with E-state index in [0.29, 0.717) is 17.0 Å². The molecule has 172 valence electrons. The number of nitrogens with one attached hydrogen (secondary N) is 1. The summed E-state index contributed by atoms with van der Waals surface area (Å²) in [5.41, 5.74) is 0.727. The Morgan fingerprint density at radius 2 is 1.90 bits per heavy atom. The lowest BCUT2D eigenvalue weighted by Gasteiger charge is -2.18. The van der Waals surface area contributed by atoms with Crippen molar-refractivity contribution >= 4 is 50.5 Å². The Morgan fingerprint density at radius 1 is 1.26 bits per heavy atom. The van der Waals surface area contributed by atoms with Crippen LogP contribution in [0.25, 0.3) is 10.4 Å². The van der Waals surface area contributed by atoms with Crippen LogP contribution in [0.3, 0.4) is 0 Å². The number of rotatable bonds is 10. The molecular weight excluding hydrogens is 500 g/mol. The minimum atomic E-state index is -4.54. The van der Waals surface area contributed by atoms with E-state index in [1.807, 2.05) is 13.8 Å². The predicted octanol–water partition coefficient (Wildman–Crippen LogP) is 5.29. The molecule has 0 amide bonds. The lowest BCUT2D eigenvalue weighted by atomic mass is 10.0. The highest BCUT2D eigenvalue weighted by Gasteiger charge is 2.30. The molecule has 2 N–H and O–H groups in total. The molecule has 2 rings (SSSR count). The van der Waals surface area contributed by atoms with Crippen LogP contribution in [0, 0.1) is 5.92 Å². The van der Waals surface area contributed by atoms with Gasteiger partial charge in [0.25, 0.3) is 6.43 Å². The average molecular weight is 519 g/mol. The van der Waals surface area contributed by atoms with E-state index in [4.69, 9.17) is 23.2 Å². The molecule has 1 unspecified atom stereocenters. The molecule has 0 spiro atoms. The van der Waals surface area contributed by atoms with Gasteiger partial charge in [-0.1, -0.05) is 43.1 Å². The molecule has 0 aliphatic heterocycles. The first kappa shape index (κ1) is 25.9. The third-order valence-corrected chi connectivity index (χ3v) is 7.74. The summed E-state index contributed by atoms with van der Waals surface area (Å²) in [6, 6.07) is 0.448. The normalized spacial score (nSPS) is 13.2. The molecule has 0 bridgehead atoms. The molecule has 0 saturated heterocycles. The van der Waals surface area contributed by atoms with Crippen molar-refractivity contribution in [2.75, 3.05) is 6.67 Å². The maximum atomic E-state index is 13.0. The fourth-order valence-electron chi connectivity index (χ4n) is 2.71. The van der Waals surface area contributed by atoms with Gasteiger partial charge in [-0.05, 0) is 24.8 Å². The van der Waals surface area contributed by atoms with Crippen molar-refractivity contribution in [1.82, 2.24) is 9.71 Å². The van der Waals surface area contributed by atoms with Crippen LogP contribution in [0.1, 0.15) is 35.8 Å². The van der Waals surface area contributed by atoms with Gasteiger partial charge in [0.2, 0.25) is 15.0 Å². The van der Waals surface area contributed by atoms with Crippen LogP contribution >= 0.6 is 34.5 Å². The SMILES string of the molecule is CC(C)Cc1nc(C(=O)O)sc1-c1ccc(S(=O)(=O)NC(CCF)C(F)F)c(Cl)c1Cl. The van der Waals surface area contributed by atoms with Gasteiger partial charge in [0.1, 0.15) is 4.90 Å². The van der Waals surface area contributed by atoms with Gasteiger partial charge in [0.05, 0.1) is 33.3 Å². The van der Waals surface area contributed by atoms with Crippen LogP contribution in [0.5, 0.6) is 0 Å². The van der Waals surface area contributed by atoms with Crippen LogP contribution in [0.4, 0.5) is 13.2 Å². The first-order valence-electron chi connectivity index (χ1n) is 8.96. The summed E-state index contributed by atoms with van der Waals surface area (Å²) in [5, 5.41) is 8.47. The van der Waals surface area contributed by atoms with Gasteiger partial charge in [-0.3, -0.25) is 4.39 Å². The summed E-state index contributed by atoms with van der Waals surface area (Å²) in [6.45, 7) is 2.69. The van der Waals surface area contributed by atoms with Crippen LogP contribution in [0.2, 0.25) is 10.0 Å². The Hall–Kier alpha value is -1.40. The molecule has 31 heavy (non-hydrogen) atoms. The average Bonchev–Trinajstić information content (AvgIpc) is 3.06. The van der Waals surface area contributed by atoms with E-state index in [1.54, 1.807) is 4.72 Å². The number of sulfonamides is 1. The van der Waals surface area contributed by atoms with E-state index in [1.165, 1.54) is 6.07 Å². The number of aromatic carboxylic acids is 1. The van der Waals surface area contributed by atoms with Crippen LogP contribution in [-0.4, -0.2) is 43.6 Å². The number of thiazole rings is 1. The number of hydrogen-bond acceptors (Lipinski definition) is 5. The maximum absolute atomic E-state index is 13.0. The molecule has 0 radical (unpaired) electrons. The molecule has 1 aromatic heterocycles. The molecule has 0 saturated carbocycles. The highest BCUT2D eigenvalue weighted by atomic mass is 35.5. The number of hydrogen-bond donors (Lipinski definition) is 2. The number of carboxylic acids is 1. The fourth-order valence-corrected chi connectivity index (χ4v) is 5.85. The van der Waals surface area contributed by atoms with E-state index < -0.39 is 51.5 Å². The summed E-state index contributed by atoms with van der Waals surface area (Å²) >= 11 is 13.3. The van der Waals surface area contributed by atoms with Gasteiger partial charge in [0, 0.05) is 5.56 Å². The van der Waals surface area contributed by atoms with Crippen molar-refractivity contribution in [2.45, 2.75) is 44.1 Å². The van der Waals surface area contributed by atoms with Crippen molar-refractivity contribution in [1.29, 1.82) is 0 Å². The second kappa shape index (κ2) is 10.5. The van der Waals surface area contributed by atoms with Crippen molar-refractivity contribution in [3.8, 4) is 10.4 Å². The highest BCUT2D eigenvalue weighted by Crippen LogP contribution is 2.42. The van der Waals surface area contributed by atoms with Crippen molar-refractivity contribution in [2.24, 2.45) is 5.92 Å². The van der Waals surface area contributed by atoms with Crippen LogP contribution in [0.15, 0.2) is 17.0 Å². The van der Waals surface area contributed by atoms with E-state index in [9.17, 15) is 31.5 Å². The van der Waals surface area contributed by atoms with Crippen molar-refractivity contribution in [3.63, 3.8) is 0 Å². The number of benzene rings is 1. The molecule has 0 aliphatic carbocycles. The lowest BCUT2D eigenvalue weighted by molar-refractivity contribution is 0.0696. The Labute approximate surface area is 191 Å². The summed E-state index contributed by atoms with van der Waals surface area (Å²) in [7, 11) is -4.54. The second-order valence-electron chi connectivity index (χ2n) is 6.98. The number of alkyl halides is 3. The molecule has 6 nitrogen and oxygen atoms in total. The number of halogens is 5. The number of carboxylic acid groups (broad SMARTS) is 1. The molecule has 0 fully saturated rings. The van der Waals surface area contributed by atoms with E-state index in [0.717, 1.165) is 17.4 Å². The van der Waals surface area contributed by atoms with Crippen molar-refractivity contribution in [3.05, 3.63) is 32.9 Å². The largest absolute Gasteiger partial charge is 0.476 e. The minimum Gasteiger partial charge on any atom is -0.476 e. The molecular formula is C18H19Cl2F3N2O4S2. The number of nitrogens with zero attached hydrogens (tertiary/aromatic N) is 1. The Bertz CT molecular complexity index is 1060. The monoisotopic (exact) mass is 518 g/mol. The van der Waals surface area contributed by atoms with Gasteiger partial charge in [-0.15, -0.1) is 11.3 Å². The molecule has 1 heterocycles. The van der Waals surface area contributed by atoms with Crippen molar-refractivity contribution < 1.29 is 31.5 Å². The molecule has 1 aromatic carbocycles. The van der Waals surface area contributed by atoms with Gasteiger partial charge in [0.15, 0.2) is 0 Å². The maximum Gasteiger partial charge on any atom is 0.365 e. The van der Waals surface area contributed by atoms with Crippen LogP contribution in [-0.2, 0) is 16.4 Å². The zero-order valence-electron chi connectivity index (χ0n) is 16.3. The van der Waals surface area contributed by atoms with Gasteiger partial charge in [-0.2, -0.15) is 0 Å². The third-order valence-electron chi connectivity index (χ3n) is 4.09. The minimum absolute atomic E-state index is 0.141. The number of carbonyl (C=O) groups is 1. The van der Waals surface area contributed by atoms with Gasteiger partial charge in [-0.25, -0.2) is 31.7 Å². The lowest BCUT2D eigenvalue weighted by Crippen LogP contribution is -2.40. The van der Waals surface area contributed by atoms with E-state index in [2.05, 4.69) is 4.98 Å². The smallest absolute Gasteiger partial charge is 0.365 e. The Kier molecular flexibility index (Phi) is 8.74.